The molecule has 2 aromatic carbocycles. The average Bonchev–Trinajstić information content (AvgIpc) is 2.63. The molecule has 0 spiro atoms. The Hall–Kier alpha value is -2.29. The van der Waals surface area contributed by atoms with Gasteiger partial charge in [-0.3, -0.25) is 10.2 Å². The molecule has 0 aromatic heterocycles. The van der Waals surface area contributed by atoms with Crippen molar-refractivity contribution in [2.24, 2.45) is 0 Å². The van der Waals surface area contributed by atoms with E-state index in [-0.39, 0.29) is 23.9 Å². The Morgan fingerprint density at radius 3 is 2.12 bits per heavy atom. The molecule has 3 rings (SSSR count). The van der Waals surface area contributed by atoms with Gasteiger partial charge in [0.2, 0.25) is 10.0 Å². The third kappa shape index (κ3) is 4.04. The van der Waals surface area contributed by atoms with Gasteiger partial charge in [-0.2, -0.15) is 4.31 Å². The maximum Gasteiger partial charge on any atom is 0.265 e. The summed E-state index contributed by atoms with van der Waals surface area (Å²) in [5.41, 5.74) is 3.06. The summed E-state index contributed by atoms with van der Waals surface area (Å²) in [6.45, 7) is 1.31. The van der Waals surface area contributed by atoms with Crippen LogP contribution in [-0.2, 0) is 10.0 Å². The number of sulfonamides is 1. The molecule has 1 saturated heterocycles. The summed E-state index contributed by atoms with van der Waals surface area (Å²) in [5.74, 6) is -0.754. The van der Waals surface area contributed by atoms with Crippen molar-refractivity contribution in [3.63, 3.8) is 0 Å². The fourth-order valence-electron chi connectivity index (χ4n) is 2.59. The van der Waals surface area contributed by atoms with Gasteiger partial charge in [-0.1, -0.05) is 18.2 Å². The highest BCUT2D eigenvalue weighted by Crippen LogP contribution is 2.16. The second-order valence-electron chi connectivity index (χ2n) is 5.65. The standard InChI is InChI=1S/C17H18FN3O3S/c18-15-8-6-14(7-9-15)17(22)19-20-10-12-21(13-11-20)25(23,24)16-4-2-1-3-5-16/h1-9H,10-13H2,(H,19,22). The van der Waals surface area contributed by atoms with Crippen molar-refractivity contribution in [1.82, 2.24) is 14.7 Å². The minimum Gasteiger partial charge on any atom is -0.285 e. The molecule has 2 aromatic rings. The number of amides is 1. The second-order valence-corrected chi connectivity index (χ2v) is 7.59. The molecule has 0 radical (unpaired) electrons. The molecule has 0 saturated carbocycles. The van der Waals surface area contributed by atoms with E-state index in [4.69, 9.17) is 0 Å². The van der Waals surface area contributed by atoms with Gasteiger partial charge >= 0.3 is 0 Å². The molecule has 132 valence electrons. The van der Waals surface area contributed by atoms with E-state index in [1.165, 1.54) is 28.6 Å². The first-order valence-electron chi connectivity index (χ1n) is 7.83. The van der Waals surface area contributed by atoms with Crippen molar-refractivity contribution < 1.29 is 17.6 Å². The molecular weight excluding hydrogens is 345 g/mol. The van der Waals surface area contributed by atoms with Gasteiger partial charge in [0.25, 0.3) is 5.91 Å². The molecule has 1 N–H and O–H groups in total. The van der Waals surface area contributed by atoms with Gasteiger partial charge in [-0.25, -0.2) is 17.8 Å². The molecule has 8 heteroatoms. The zero-order valence-electron chi connectivity index (χ0n) is 13.4. The normalized spacial score (nSPS) is 16.5. The Morgan fingerprint density at radius 1 is 0.920 bits per heavy atom. The third-order valence-corrected chi connectivity index (χ3v) is 5.90. The molecule has 0 bridgehead atoms. The van der Waals surface area contributed by atoms with Crippen molar-refractivity contribution in [3.05, 3.63) is 66.0 Å². The minimum atomic E-state index is -3.52. The zero-order chi connectivity index (χ0) is 17.9. The fourth-order valence-corrected chi connectivity index (χ4v) is 4.03. The van der Waals surface area contributed by atoms with Crippen LogP contribution in [0.3, 0.4) is 0 Å². The van der Waals surface area contributed by atoms with Crippen molar-refractivity contribution in [2.75, 3.05) is 26.2 Å². The van der Waals surface area contributed by atoms with Gasteiger partial charge in [-0.05, 0) is 36.4 Å². The number of benzene rings is 2. The Labute approximate surface area is 145 Å². The van der Waals surface area contributed by atoms with Crippen LogP contribution in [0.1, 0.15) is 10.4 Å². The zero-order valence-corrected chi connectivity index (χ0v) is 14.2. The number of nitrogens with one attached hydrogen (secondary N) is 1. The summed E-state index contributed by atoms with van der Waals surface area (Å²) in [5, 5.41) is 1.67. The van der Waals surface area contributed by atoms with E-state index in [0.29, 0.717) is 18.7 Å². The summed E-state index contributed by atoms with van der Waals surface area (Å²) in [6.07, 6.45) is 0. The van der Waals surface area contributed by atoms with Crippen LogP contribution in [0, 0.1) is 5.82 Å². The molecule has 1 aliphatic rings. The van der Waals surface area contributed by atoms with Crippen molar-refractivity contribution >= 4 is 15.9 Å². The molecule has 0 aliphatic carbocycles. The number of hydrazine groups is 1. The molecular formula is C17H18FN3O3S. The van der Waals surface area contributed by atoms with Crippen LogP contribution in [0.15, 0.2) is 59.5 Å². The quantitative estimate of drug-likeness (QED) is 0.893. The van der Waals surface area contributed by atoms with Gasteiger partial charge in [0.05, 0.1) is 4.90 Å². The van der Waals surface area contributed by atoms with Crippen LogP contribution in [-0.4, -0.2) is 49.8 Å². The van der Waals surface area contributed by atoms with Crippen LogP contribution in [0.4, 0.5) is 4.39 Å². The van der Waals surface area contributed by atoms with Crippen LogP contribution in [0.2, 0.25) is 0 Å². The summed E-state index contributed by atoms with van der Waals surface area (Å²) in [7, 11) is -3.52. The van der Waals surface area contributed by atoms with Crippen LogP contribution in [0.5, 0.6) is 0 Å². The highest BCUT2D eigenvalue weighted by atomic mass is 32.2. The maximum absolute atomic E-state index is 12.9. The molecule has 0 unspecified atom stereocenters. The number of carbonyl (C=O) groups is 1. The lowest BCUT2D eigenvalue weighted by molar-refractivity contribution is 0.0716. The predicted molar refractivity (Wildman–Crippen MR) is 90.6 cm³/mol. The lowest BCUT2D eigenvalue weighted by Gasteiger charge is -2.33. The Bertz CT molecular complexity index is 833. The largest absolute Gasteiger partial charge is 0.285 e. The van der Waals surface area contributed by atoms with Crippen molar-refractivity contribution in [2.45, 2.75) is 4.90 Å². The summed E-state index contributed by atoms with van der Waals surface area (Å²) in [6, 6.07) is 13.5. The van der Waals surface area contributed by atoms with E-state index >= 15 is 0 Å². The number of piperazine rings is 1. The summed E-state index contributed by atoms with van der Waals surface area (Å²) in [4.78, 5) is 12.4. The number of nitrogens with zero attached hydrogens (tertiary/aromatic N) is 2. The highest BCUT2D eigenvalue weighted by molar-refractivity contribution is 7.89. The summed E-state index contributed by atoms with van der Waals surface area (Å²) >= 11 is 0. The first kappa shape index (κ1) is 17.5. The smallest absolute Gasteiger partial charge is 0.265 e. The third-order valence-electron chi connectivity index (χ3n) is 3.99. The lowest BCUT2D eigenvalue weighted by atomic mass is 10.2. The number of hydrogen-bond donors (Lipinski definition) is 1. The van der Waals surface area contributed by atoms with Gasteiger partial charge in [-0.15, -0.1) is 0 Å². The average molecular weight is 363 g/mol. The lowest BCUT2D eigenvalue weighted by Crippen LogP contribution is -2.54. The molecule has 1 amide bonds. The maximum atomic E-state index is 12.9. The topological polar surface area (TPSA) is 69.7 Å². The number of halogens is 1. The second kappa shape index (κ2) is 7.30. The fraction of sp³-hybridized carbons (Fsp3) is 0.235. The molecule has 1 fully saturated rings. The van der Waals surface area contributed by atoms with Crippen LogP contribution < -0.4 is 5.43 Å². The molecule has 1 aliphatic heterocycles. The molecule has 1 heterocycles. The predicted octanol–water partition coefficient (Wildman–Crippen LogP) is 1.48. The van der Waals surface area contributed by atoms with Gasteiger partial charge < -0.3 is 0 Å². The molecule has 25 heavy (non-hydrogen) atoms. The first-order valence-corrected chi connectivity index (χ1v) is 9.27. The van der Waals surface area contributed by atoms with Gasteiger partial charge in [0.15, 0.2) is 0 Å². The highest BCUT2D eigenvalue weighted by Gasteiger charge is 2.28. The Balaban J connectivity index is 1.59. The van der Waals surface area contributed by atoms with Crippen LogP contribution >= 0.6 is 0 Å². The van der Waals surface area contributed by atoms with E-state index in [1.807, 2.05) is 0 Å². The van der Waals surface area contributed by atoms with E-state index < -0.39 is 15.8 Å². The minimum absolute atomic E-state index is 0.263. The monoisotopic (exact) mass is 363 g/mol. The van der Waals surface area contributed by atoms with Crippen molar-refractivity contribution in [1.29, 1.82) is 0 Å². The van der Waals surface area contributed by atoms with E-state index in [2.05, 4.69) is 5.43 Å². The summed E-state index contributed by atoms with van der Waals surface area (Å²) < 4.78 is 39.4. The molecule has 0 atom stereocenters. The van der Waals surface area contributed by atoms with E-state index in [1.54, 1.807) is 35.3 Å². The van der Waals surface area contributed by atoms with Gasteiger partial charge in [0, 0.05) is 31.7 Å². The van der Waals surface area contributed by atoms with Crippen LogP contribution in [0.25, 0.3) is 0 Å². The van der Waals surface area contributed by atoms with E-state index in [9.17, 15) is 17.6 Å². The SMILES string of the molecule is O=C(NN1CCN(S(=O)(=O)c2ccccc2)CC1)c1ccc(F)cc1. The van der Waals surface area contributed by atoms with E-state index in [0.717, 1.165) is 0 Å². The first-order chi connectivity index (χ1) is 12.0. The number of carbonyl (C=O) groups excluding carboxylic acids is 1. The Kier molecular flexibility index (Phi) is 5.12. The number of rotatable bonds is 4. The van der Waals surface area contributed by atoms with Crippen molar-refractivity contribution in [3.8, 4) is 0 Å². The molecule has 6 nitrogen and oxygen atoms in total. The van der Waals surface area contributed by atoms with Gasteiger partial charge in [0.1, 0.15) is 5.82 Å². The number of hydrogen-bond acceptors (Lipinski definition) is 4. The Morgan fingerprint density at radius 2 is 1.52 bits per heavy atom.